The Labute approximate surface area is 164 Å². The van der Waals surface area contributed by atoms with E-state index >= 15 is 0 Å². The summed E-state index contributed by atoms with van der Waals surface area (Å²) in [5.74, 6) is -0.131. The first-order valence-electron chi connectivity index (χ1n) is 9.16. The fourth-order valence-electron chi connectivity index (χ4n) is 3.15. The molecule has 0 spiro atoms. The zero-order valence-corrected chi connectivity index (χ0v) is 16.2. The summed E-state index contributed by atoms with van der Waals surface area (Å²) in [4.78, 5) is 34.7. The van der Waals surface area contributed by atoms with E-state index in [1.54, 1.807) is 44.0 Å². The molecule has 6 nitrogen and oxygen atoms in total. The first-order chi connectivity index (χ1) is 13.5. The van der Waals surface area contributed by atoms with E-state index in [1.807, 2.05) is 36.4 Å². The molecule has 6 heteroatoms. The molecule has 0 saturated heterocycles. The maximum Gasteiger partial charge on any atom is 0.355 e. The van der Waals surface area contributed by atoms with Crippen molar-refractivity contribution in [2.24, 2.45) is 0 Å². The van der Waals surface area contributed by atoms with Gasteiger partial charge in [0.15, 0.2) is 0 Å². The zero-order chi connectivity index (χ0) is 20.1. The topological polar surface area (TPSA) is 75.3 Å². The van der Waals surface area contributed by atoms with Crippen molar-refractivity contribution in [3.8, 4) is 0 Å². The van der Waals surface area contributed by atoms with Gasteiger partial charge < -0.3 is 9.72 Å². The smallest absolute Gasteiger partial charge is 0.355 e. The number of rotatable bonds is 6. The third-order valence-corrected chi connectivity index (χ3v) is 4.49. The Kier molecular flexibility index (Phi) is 5.89. The highest BCUT2D eigenvalue weighted by Crippen LogP contribution is 2.24. The van der Waals surface area contributed by atoms with Crippen molar-refractivity contribution < 1.29 is 14.3 Å². The molecule has 0 bridgehead atoms. The molecule has 3 aromatic rings. The van der Waals surface area contributed by atoms with Gasteiger partial charge in [0, 0.05) is 11.9 Å². The predicted molar refractivity (Wildman–Crippen MR) is 107 cm³/mol. The monoisotopic (exact) mass is 377 g/mol. The summed E-state index contributed by atoms with van der Waals surface area (Å²) in [5, 5.41) is 0. The van der Waals surface area contributed by atoms with Crippen LogP contribution in [0.2, 0.25) is 0 Å². The number of nitrogens with one attached hydrogen (secondary N) is 1. The third-order valence-electron chi connectivity index (χ3n) is 4.49. The normalized spacial score (nSPS) is 10.5. The second-order valence-electron chi connectivity index (χ2n) is 6.41. The maximum absolute atomic E-state index is 13.5. The van der Waals surface area contributed by atoms with Gasteiger partial charge in [-0.15, -0.1) is 0 Å². The zero-order valence-electron chi connectivity index (χ0n) is 16.2. The van der Waals surface area contributed by atoms with Crippen LogP contribution in [0.3, 0.4) is 0 Å². The minimum absolute atomic E-state index is 0.218. The molecule has 0 atom stereocenters. The van der Waals surface area contributed by atoms with Gasteiger partial charge in [-0.25, -0.2) is 9.78 Å². The summed E-state index contributed by atoms with van der Waals surface area (Å²) in [6.07, 6.45) is 1.65. The number of anilines is 1. The highest BCUT2D eigenvalue weighted by Gasteiger charge is 2.27. The van der Waals surface area contributed by atoms with Crippen molar-refractivity contribution in [3.63, 3.8) is 0 Å². The number of aryl methyl sites for hydroxylation is 1. The summed E-state index contributed by atoms with van der Waals surface area (Å²) in [6.45, 7) is 5.92. The average Bonchev–Trinajstić information content (AvgIpc) is 3.01. The van der Waals surface area contributed by atoms with Crippen molar-refractivity contribution in [1.29, 1.82) is 0 Å². The highest BCUT2D eigenvalue weighted by molar-refractivity contribution is 6.09. The van der Waals surface area contributed by atoms with Gasteiger partial charge in [0.25, 0.3) is 5.91 Å². The molecule has 0 aliphatic rings. The number of esters is 1. The Balaban J connectivity index is 2.01. The van der Waals surface area contributed by atoms with Gasteiger partial charge in [0.05, 0.1) is 18.7 Å². The molecule has 3 rings (SSSR count). The number of nitrogens with zero attached hydrogens (tertiary/aromatic N) is 2. The van der Waals surface area contributed by atoms with Gasteiger partial charge in [-0.1, -0.05) is 36.4 Å². The van der Waals surface area contributed by atoms with Crippen LogP contribution in [0.4, 0.5) is 5.82 Å². The van der Waals surface area contributed by atoms with E-state index in [4.69, 9.17) is 4.74 Å². The first kappa shape index (κ1) is 19.4. The number of hydrogen-bond acceptors (Lipinski definition) is 4. The second-order valence-corrected chi connectivity index (χ2v) is 6.41. The van der Waals surface area contributed by atoms with Gasteiger partial charge in [-0.05, 0) is 44.0 Å². The highest BCUT2D eigenvalue weighted by atomic mass is 16.5. The molecular weight excluding hydrogens is 354 g/mol. The van der Waals surface area contributed by atoms with Crippen molar-refractivity contribution in [2.75, 3.05) is 11.5 Å². The molecule has 28 heavy (non-hydrogen) atoms. The predicted octanol–water partition coefficient (Wildman–Crippen LogP) is 4.05. The van der Waals surface area contributed by atoms with Gasteiger partial charge in [0.2, 0.25) is 0 Å². The SMILES string of the molecule is CCOC(=O)c1[nH]c(C)c(C(=O)N(Cc2ccccc2)c2ccccn2)c1C. The van der Waals surface area contributed by atoms with E-state index in [-0.39, 0.29) is 12.5 Å². The van der Waals surface area contributed by atoms with E-state index in [1.165, 1.54) is 0 Å². The summed E-state index contributed by atoms with van der Waals surface area (Å²) in [7, 11) is 0. The molecule has 0 saturated carbocycles. The number of ether oxygens (including phenoxy) is 1. The van der Waals surface area contributed by atoms with E-state index < -0.39 is 5.97 Å². The van der Waals surface area contributed by atoms with Crippen molar-refractivity contribution in [1.82, 2.24) is 9.97 Å². The molecule has 2 aromatic heterocycles. The number of aromatic nitrogens is 2. The minimum Gasteiger partial charge on any atom is -0.461 e. The summed E-state index contributed by atoms with van der Waals surface area (Å²) >= 11 is 0. The number of benzene rings is 1. The molecule has 144 valence electrons. The number of H-pyrrole nitrogens is 1. The Hall–Kier alpha value is -3.41. The lowest BCUT2D eigenvalue weighted by Crippen LogP contribution is -2.32. The Bertz CT molecular complexity index is 965. The maximum atomic E-state index is 13.5. The van der Waals surface area contributed by atoms with E-state index in [0.29, 0.717) is 34.9 Å². The van der Waals surface area contributed by atoms with E-state index in [0.717, 1.165) is 5.56 Å². The van der Waals surface area contributed by atoms with Crippen LogP contribution >= 0.6 is 0 Å². The van der Waals surface area contributed by atoms with Crippen LogP contribution in [0.25, 0.3) is 0 Å². The van der Waals surface area contributed by atoms with E-state index in [9.17, 15) is 9.59 Å². The van der Waals surface area contributed by atoms with E-state index in [2.05, 4.69) is 9.97 Å². The molecule has 1 aromatic carbocycles. The molecule has 1 amide bonds. The molecule has 2 heterocycles. The van der Waals surface area contributed by atoms with Gasteiger partial charge in [-0.3, -0.25) is 9.69 Å². The number of aromatic amines is 1. The molecule has 0 aliphatic carbocycles. The van der Waals surface area contributed by atoms with Gasteiger partial charge >= 0.3 is 5.97 Å². The third kappa shape index (κ3) is 3.96. The summed E-state index contributed by atoms with van der Waals surface area (Å²) < 4.78 is 5.09. The number of carbonyl (C=O) groups excluding carboxylic acids is 2. The summed E-state index contributed by atoms with van der Waals surface area (Å²) in [6, 6.07) is 15.2. The van der Waals surface area contributed by atoms with Crippen LogP contribution in [0.1, 0.15) is 44.6 Å². The molecular formula is C22H23N3O3. The second kappa shape index (κ2) is 8.52. The van der Waals surface area contributed by atoms with Gasteiger partial charge in [-0.2, -0.15) is 0 Å². The number of carbonyl (C=O) groups is 2. The van der Waals surface area contributed by atoms with Crippen LogP contribution in [-0.4, -0.2) is 28.5 Å². The van der Waals surface area contributed by atoms with Crippen molar-refractivity contribution in [3.05, 3.63) is 82.8 Å². The Morgan fingerprint density at radius 1 is 1.07 bits per heavy atom. The number of amides is 1. The van der Waals surface area contributed by atoms with Crippen LogP contribution in [0, 0.1) is 13.8 Å². The molecule has 0 unspecified atom stereocenters. The quantitative estimate of drug-likeness (QED) is 0.658. The Morgan fingerprint density at radius 2 is 1.79 bits per heavy atom. The van der Waals surface area contributed by atoms with Crippen molar-refractivity contribution in [2.45, 2.75) is 27.3 Å². The standard InChI is InChI=1S/C22H23N3O3/c1-4-28-22(27)20-15(2)19(16(3)24-20)21(26)25(18-12-8-9-13-23-18)14-17-10-6-5-7-11-17/h5-13,24H,4,14H2,1-3H3. The lowest BCUT2D eigenvalue weighted by Gasteiger charge is -2.22. The lowest BCUT2D eigenvalue weighted by atomic mass is 10.1. The largest absolute Gasteiger partial charge is 0.461 e. The van der Waals surface area contributed by atoms with Crippen LogP contribution in [0.5, 0.6) is 0 Å². The minimum atomic E-state index is -0.463. The average molecular weight is 377 g/mol. The number of pyridine rings is 1. The summed E-state index contributed by atoms with van der Waals surface area (Å²) in [5.41, 5.74) is 2.96. The first-order valence-corrected chi connectivity index (χ1v) is 9.16. The molecule has 0 fully saturated rings. The fourth-order valence-corrected chi connectivity index (χ4v) is 3.15. The Morgan fingerprint density at radius 3 is 2.43 bits per heavy atom. The van der Waals surface area contributed by atoms with Crippen LogP contribution in [0.15, 0.2) is 54.7 Å². The molecule has 0 radical (unpaired) electrons. The lowest BCUT2D eigenvalue weighted by molar-refractivity contribution is 0.0519. The van der Waals surface area contributed by atoms with Crippen LogP contribution < -0.4 is 4.90 Å². The van der Waals surface area contributed by atoms with Crippen LogP contribution in [-0.2, 0) is 11.3 Å². The number of hydrogen-bond donors (Lipinski definition) is 1. The fraction of sp³-hybridized carbons (Fsp3) is 0.227. The van der Waals surface area contributed by atoms with Gasteiger partial charge in [0.1, 0.15) is 11.5 Å². The van der Waals surface area contributed by atoms with Crippen molar-refractivity contribution >= 4 is 17.7 Å². The molecule has 0 aliphatic heterocycles. The molecule has 1 N–H and O–H groups in total.